The van der Waals surface area contributed by atoms with Crippen LogP contribution in [0.4, 0.5) is 24.8 Å². The third-order valence-corrected chi connectivity index (χ3v) is 5.52. The third kappa shape index (κ3) is 4.58. The number of alkyl halides is 3. The minimum Gasteiger partial charge on any atom is -0.341 e. The predicted octanol–water partition coefficient (Wildman–Crippen LogP) is 4.15. The van der Waals surface area contributed by atoms with Gasteiger partial charge in [0, 0.05) is 37.1 Å². The van der Waals surface area contributed by atoms with Crippen molar-refractivity contribution in [1.82, 2.24) is 19.7 Å². The number of nitrogens with one attached hydrogen (secondary N) is 1. The summed E-state index contributed by atoms with van der Waals surface area (Å²) in [6.07, 6.45) is -0.0880. The average molecular weight is 444 g/mol. The van der Waals surface area contributed by atoms with E-state index in [1.165, 1.54) is 6.07 Å². The van der Waals surface area contributed by atoms with Crippen molar-refractivity contribution in [2.24, 2.45) is 5.92 Å². The van der Waals surface area contributed by atoms with Gasteiger partial charge < -0.3 is 10.2 Å². The van der Waals surface area contributed by atoms with Gasteiger partial charge in [-0.3, -0.25) is 4.79 Å². The summed E-state index contributed by atoms with van der Waals surface area (Å²) in [4.78, 5) is 23.4. The van der Waals surface area contributed by atoms with Gasteiger partial charge in [0.2, 0.25) is 11.9 Å². The molecule has 0 aliphatic carbocycles. The van der Waals surface area contributed by atoms with Crippen molar-refractivity contribution >= 4 is 17.5 Å². The summed E-state index contributed by atoms with van der Waals surface area (Å²) in [5.41, 5.74) is 1.15. The SMILES string of the molecule is Cc1cc(C)n(-c2ccc(C(F)(F)F)cc2NC(=O)C2CCN(c3ncccn3)CC2)n1. The molecule has 1 aromatic carbocycles. The zero-order valence-electron chi connectivity index (χ0n) is 17.7. The molecule has 2 aromatic heterocycles. The van der Waals surface area contributed by atoms with E-state index in [1.54, 1.807) is 30.1 Å². The van der Waals surface area contributed by atoms with E-state index in [2.05, 4.69) is 20.4 Å². The van der Waals surface area contributed by atoms with E-state index in [-0.39, 0.29) is 17.5 Å². The number of carbonyl (C=O) groups excluding carboxylic acids is 1. The number of anilines is 2. The molecule has 0 spiro atoms. The average Bonchev–Trinajstić information content (AvgIpc) is 3.11. The van der Waals surface area contributed by atoms with E-state index < -0.39 is 11.7 Å². The Kier molecular flexibility index (Phi) is 5.86. The van der Waals surface area contributed by atoms with Crippen molar-refractivity contribution in [3.63, 3.8) is 0 Å². The van der Waals surface area contributed by atoms with Crippen LogP contribution in [0.1, 0.15) is 29.8 Å². The van der Waals surface area contributed by atoms with Crippen LogP contribution in [-0.4, -0.2) is 38.7 Å². The number of amides is 1. The molecule has 0 saturated carbocycles. The molecule has 1 amide bonds. The fourth-order valence-electron chi connectivity index (χ4n) is 3.90. The highest BCUT2D eigenvalue weighted by atomic mass is 19.4. The maximum absolute atomic E-state index is 13.3. The highest BCUT2D eigenvalue weighted by Gasteiger charge is 2.32. The molecule has 168 valence electrons. The molecule has 10 heteroatoms. The molecule has 4 rings (SSSR count). The predicted molar refractivity (Wildman–Crippen MR) is 114 cm³/mol. The summed E-state index contributed by atoms with van der Waals surface area (Å²) in [6.45, 7) is 4.80. The van der Waals surface area contributed by atoms with E-state index in [1.807, 2.05) is 17.9 Å². The first-order valence-electron chi connectivity index (χ1n) is 10.3. The number of carbonyl (C=O) groups is 1. The van der Waals surface area contributed by atoms with Crippen LogP contribution in [0.3, 0.4) is 0 Å². The molecule has 1 N–H and O–H groups in total. The first kappa shape index (κ1) is 21.8. The second kappa shape index (κ2) is 8.60. The third-order valence-electron chi connectivity index (χ3n) is 5.52. The van der Waals surface area contributed by atoms with Crippen LogP contribution in [0.2, 0.25) is 0 Å². The van der Waals surface area contributed by atoms with Gasteiger partial charge in [0.25, 0.3) is 0 Å². The Morgan fingerprint density at radius 2 is 1.78 bits per heavy atom. The molecule has 1 aliphatic heterocycles. The zero-order chi connectivity index (χ0) is 22.9. The highest BCUT2D eigenvalue weighted by Crippen LogP contribution is 2.34. The van der Waals surface area contributed by atoms with Crippen molar-refractivity contribution in [2.45, 2.75) is 32.9 Å². The van der Waals surface area contributed by atoms with Gasteiger partial charge in [-0.1, -0.05) is 0 Å². The fraction of sp³-hybridized carbons (Fsp3) is 0.364. The Morgan fingerprint density at radius 3 is 2.38 bits per heavy atom. The number of hydrogen-bond acceptors (Lipinski definition) is 5. The number of nitrogens with zero attached hydrogens (tertiary/aromatic N) is 5. The van der Waals surface area contributed by atoms with E-state index in [9.17, 15) is 18.0 Å². The molecule has 3 aromatic rings. The van der Waals surface area contributed by atoms with Crippen LogP contribution in [0.5, 0.6) is 0 Å². The highest BCUT2D eigenvalue weighted by molar-refractivity contribution is 5.94. The van der Waals surface area contributed by atoms with E-state index in [0.29, 0.717) is 37.6 Å². The topological polar surface area (TPSA) is 75.9 Å². The number of rotatable bonds is 4. The molecule has 0 bridgehead atoms. The Morgan fingerprint density at radius 1 is 1.09 bits per heavy atom. The van der Waals surface area contributed by atoms with Crippen LogP contribution in [0, 0.1) is 19.8 Å². The largest absolute Gasteiger partial charge is 0.416 e. The van der Waals surface area contributed by atoms with Gasteiger partial charge >= 0.3 is 6.18 Å². The summed E-state index contributed by atoms with van der Waals surface area (Å²) < 4.78 is 41.5. The van der Waals surface area contributed by atoms with Gasteiger partial charge in [0.1, 0.15) is 0 Å². The lowest BCUT2D eigenvalue weighted by Crippen LogP contribution is -2.39. The molecule has 1 fully saturated rings. The van der Waals surface area contributed by atoms with Crippen LogP contribution in [0.15, 0.2) is 42.7 Å². The van der Waals surface area contributed by atoms with Crippen molar-refractivity contribution in [1.29, 1.82) is 0 Å². The number of aromatic nitrogens is 4. The van der Waals surface area contributed by atoms with Gasteiger partial charge in [-0.25, -0.2) is 14.6 Å². The van der Waals surface area contributed by atoms with Crippen molar-refractivity contribution in [2.75, 3.05) is 23.3 Å². The van der Waals surface area contributed by atoms with Gasteiger partial charge in [-0.05, 0) is 57.0 Å². The minimum atomic E-state index is -4.52. The van der Waals surface area contributed by atoms with Gasteiger partial charge in [-0.15, -0.1) is 0 Å². The lowest BCUT2D eigenvalue weighted by atomic mass is 9.96. The molecule has 0 unspecified atom stereocenters. The van der Waals surface area contributed by atoms with E-state index in [0.717, 1.165) is 23.5 Å². The first-order valence-corrected chi connectivity index (χ1v) is 10.3. The molecular weight excluding hydrogens is 421 g/mol. The second-order valence-corrected chi connectivity index (χ2v) is 7.87. The van der Waals surface area contributed by atoms with Crippen molar-refractivity contribution in [3.8, 4) is 5.69 Å². The summed E-state index contributed by atoms with van der Waals surface area (Å²) in [6, 6.07) is 6.87. The van der Waals surface area contributed by atoms with Crippen LogP contribution in [0.25, 0.3) is 5.69 Å². The molecule has 0 atom stereocenters. The number of halogens is 3. The number of aryl methyl sites for hydroxylation is 2. The van der Waals surface area contributed by atoms with Crippen LogP contribution >= 0.6 is 0 Å². The number of hydrogen-bond donors (Lipinski definition) is 1. The molecule has 0 radical (unpaired) electrons. The standard InChI is InChI=1S/C22H23F3N6O/c1-14-12-15(2)31(29-14)19-5-4-17(22(23,24)25)13-18(19)28-20(32)16-6-10-30(11-7-16)21-26-8-3-9-27-21/h3-5,8-9,12-13,16H,6-7,10-11H2,1-2H3,(H,28,32). The monoisotopic (exact) mass is 444 g/mol. The summed E-state index contributed by atoms with van der Waals surface area (Å²) >= 11 is 0. The maximum atomic E-state index is 13.3. The Labute approximate surface area is 183 Å². The second-order valence-electron chi connectivity index (χ2n) is 7.87. The summed E-state index contributed by atoms with van der Waals surface area (Å²) in [7, 11) is 0. The van der Waals surface area contributed by atoms with Gasteiger partial charge in [-0.2, -0.15) is 18.3 Å². The van der Waals surface area contributed by atoms with Crippen LogP contribution in [-0.2, 0) is 11.0 Å². The maximum Gasteiger partial charge on any atom is 0.416 e. The normalized spacial score (nSPS) is 15.1. The Balaban J connectivity index is 1.55. The first-order chi connectivity index (χ1) is 15.2. The van der Waals surface area contributed by atoms with Gasteiger partial charge in [0.15, 0.2) is 0 Å². The quantitative estimate of drug-likeness (QED) is 0.654. The molecule has 7 nitrogen and oxygen atoms in total. The summed E-state index contributed by atoms with van der Waals surface area (Å²) in [5, 5.41) is 7.09. The smallest absolute Gasteiger partial charge is 0.341 e. The van der Waals surface area contributed by atoms with Gasteiger partial charge in [0.05, 0.1) is 22.6 Å². The minimum absolute atomic E-state index is 0.0878. The lowest BCUT2D eigenvalue weighted by Gasteiger charge is -2.31. The van der Waals surface area contributed by atoms with Crippen molar-refractivity contribution in [3.05, 3.63) is 59.7 Å². The summed E-state index contributed by atoms with van der Waals surface area (Å²) in [5.74, 6) is -0.0189. The number of piperidine rings is 1. The molecular formula is C22H23F3N6O. The van der Waals surface area contributed by atoms with E-state index >= 15 is 0 Å². The Hall–Kier alpha value is -3.43. The molecule has 1 aliphatic rings. The van der Waals surface area contributed by atoms with Crippen molar-refractivity contribution < 1.29 is 18.0 Å². The fourth-order valence-corrected chi connectivity index (χ4v) is 3.90. The van der Waals surface area contributed by atoms with E-state index in [4.69, 9.17) is 0 Å². The zero-order valence-corrected chi connectivity index (χ0v) is 17.7. The molecule has 1 saturated heterocycles. The van der Waals surface area contributed by atoms with Crippen LogP contribution < -0.4 is 10.2 Å². The number of benzene rings is 1. The molecule has 32 heavy (non-hydrogen) atoms. The lowest BCUT2D eigenvalue weighted by molar-refractivity contribution is -0.137. The Bertz CT molecular complexity index is 1100. The molecule has 3 heterocycles.